The predicted molar refractivity (Wildman–Crippen MR) is 91.1 cm³/mol. The summed E-state index contributed by atoms with van der Waals surface area (Å²) >= 11 is 1.62. The number of nitrogens with zero attached hydrogens (tertiary/aromatic N) is 3. The van der Waals surface area contributed by atoms with E-state index in [0.717, 1.165) is 22.7 Å². The highest BCUT2D eigenvalue weighted by molar-refractivity contribution is 7.09. The van der Waals surface area contributed by atoms with E-state index >= 15 is 0 Å². The summed E-state index contributed by atoms with van der Waals surface area (Å²) in [6, 6.07) is 13.9. The second-order valence-corrected chi connectivity index (χ2v) is 5.83. The summed E-state index contributed by atoms with van der Waals surface area (Å²) in [6.45, 7) is 0.298. The van der Waals surface area contributed by atoms with Gasteiger partial charge in [0.15, 0.2) is 12.4 Å². The van der Waals surface area contributed by atoms with Crippen LogP contribution in [0.5, 0.6) is 0 Å². The monoisotopic (exact) mass is 324 g/mol. The minimum atomic E-state index is 0.298. The van der Waals surface area contributed by atoms with E-state index in [1.165, 1.54) is 5.56 Å². The first kappa shape index (κ1) is 15.2. The van der Waals surface area contributed by atoms with E-state index in [0.29, 0.717) is 12.4 Å². The van der Waals surface area contributed by atoms with E-state index in [1.54, 1.807) is 29.8 Å². The number of hydrogen-bond donors (Lipinski definition) is 1. The van der Waals surface area contributed by atoms with Crippen LogP contribution in [0.1, 0.15) is 21.8 Å². The van der Waals surface area contributed by atoms with Gasteiger partial charge in [-0.15, -0.1) is 11.3 Å². The number of nitrogens with two attached hydrogens (primary N) is 1. The van der Waals surface area contributed by atoms with Crippen molar-refractivity contribution in [2.45, 2.75) is 13.0 Å². The number of pyridine rings is 1. The summed E-state index contributed by atoms with van der Waals surface area (Å²) in [5, 5.41) is 6.94. The molecule has 0 aliphatic carbocycles. The number of oxime groups is 1. The van der Waals surface area contributed by atoms with Gasteiger partial charge in [0.05, 0.1) is 10.7 Å². The Bertz CT molecular complexity index is 772. The Morgan fingerprint density at radius 1 is 1.17 bits per heavy atom. The molecule has 2 aromatic heterocycles. The van der Waals surface area contributed by atoms with Crippen molar-refractivity contribution in [1.29, 1.82) is 0 Å². The van der Waals surface area contributed by atoms with Gasteiger partial charge in [0.2, 0.25) is 0 Å². The minimum absolute atomic E-state index is 0.298. The largest absolute Gasteiger partial charge is 0.388 e. The zero-order chi connectivity index (χ0) is 15.9. The maximum absolute atomic E-state index is 5.83. The molecule has 0 aliphatic rings. The van der Waals surface area contributed by atoms with Crippen molar-refractivity contribution < 1.29 is 4.84 Å². The SMILES string of the molecule is N/C(=N\OCc1csc(Cc2ccccc2)n1)c1cccnc1. The van der Waals surface area contributed by atoms with Gasteiger partial charge in [-0.1, -0.05) is 35.5 Å². The molecule has 2 heterocycles. The maximum Gasteiger partial charge on any atom is 0.171 e. The van der Waals surface area contributed by atoms with Crippen LogP contribution in [0.4, 0.5) is 0 Å². The topological polar surface area (TPSA) is 73.4 Å². The first-order chi connectivity index (χ1) is 11.3. The van der Waals surface area contributed by atoms with E-state index in [2.05, 4.69) is 27.3 Å². The molecule has 0 atom stereocenters. The standard InChI is InChI=1S/C17H16N4OS/c18-17(14-7-4-8-19-10-14)21-22-11-15-12-23-16(20-15)9-13-5-2-1-3-6-13/h1-8,10,12H,9,11H2,(H2,18,21). The number of aromatic nitrogens is 2. The lowest BCUT2D eigenvalue weighted by Gasteiger charge is -2.00. The highest BCUT2D eigenvalue weighted by atomic mass is 32.1. The van der Waals surface area contributed by atoms with Gasteiger partial charge < -0.3 is 10.6 Å². The van der Waals surface area contributed by atoms with Crippen molar-refractivity contribution in [2.75, 3.05) is 0 Å². The van der Waals surface area contributed by atoms with Crippen molar-refractivity contribution in [3.8, 4) is 0 Å². The fraction of sp³-hybridized carbons (Fsp3) is 0.118. The molecule has 3 rings (SSSR count). The summed E-state index contributed by atoms with van der Waals surface area (Å²) in [6.07, 6.45) is 4.15. The van der Waals surface area contributed by atoms with Crippen LogP contribution in [0.2, 0.25) is 0 Å². The Balaban J connectivity index is 1.55. The lowest BCUT2D eigenvalue weighted by Crippen LogP contribution is -2.14. The van der Waals surface area contributed by atoms with E-state index in [4.69, 9.17) is 10.6 Å². The van der Waals surface area contributed by atoms with Gasteiger partial charge in [0.25, 0.3) is 0 Å². The summed E-state index contributed by atoms with van der Waals surface area (Å²) in [4.78, 5) is 13.8. The van der Waals surface area contributed by atoms with Crippen molar-refractivity contribution in [2.24, 2.45) is 10.9 Å². The zero-order valence-electron chi connectivity index (χ0n) is 12.4. The Morgan fingerprint density at radius 2 is 2.04 bits per heavy atom. The Hall–Kier alpha value is -2.73. The van der Waals surface area contributed by atoms with Crippen LogP contribution >= 0.6 is 11.3 Å². The molecular weight excluding hydrogens is 308 g/mol. The van der Waals surface area contributed by atoms with Gasteiger partial charge in [0.1, 0.15) is 0 Å². The average Bonchev–Trinajstić information content (AvgIpc) is 3.04. The smallest absolute Gasteiger partial charge is 0.171 e. The third-order valence-electron chi connectivity index (χ3n) is 3.13. The molecule has 0 spiro atoms. The number of hydrogen-bond acceptors (Lipinski definition) is 5. The molecule has 6 heteroatoms. The van der Waals surface area contributed by atoms with Crippen LogP contribution in [-0.2, 0) is 17.9 Å². The Morgan fingerprint density at radius 3 is 2.83 bits per heavy atom. The molecule has 0 amide bonds. The molecule has 0 unspecified atom stereocenters. The molecule has 3 aromatic rings. The van der Waals surface area contributed by atoms with Crippen LogP contribution in [0.15, 0.2) is 65.4 Å². The second-order valence-electron chi connectivity index (χ2n) is 4.89. The van der Waals surface area contributed by atoms with E-state index in [-0.39, 0.29) is 0 Å². The molecule has 0 fully saturated rings. The van der Waals surface area contributed by atoms with Crippen LogP contribution < -0.4 is 5.73 Å². The summed E-state index contributed by atoms with van der Waals surface area (Å²) in [7, 11) is 0. The molecule has 0 saturated carbocycles. The van der Waals surface area contributed by atoms with Gasteiger partial charge in [0, 0.05) is 29.8 Å². The molecule has 0 saturated heterocycles. The molecule has 116 valence electrons. The van der Waals surface area contributed by atoms with Crippen molar-refractivity contribution >= 4 is 17.2 Å². The number of benzene rings is 1. The highest BCUT2D eigenvalue weighted by Crippen LogP contribution is 2.15. The van der Waals surface area contributed by atoms with Crippen molar-refractivity contribution in [1.82, 2.24) is 9.97 Å². The quantitative estimate of drug-likeness (QED) is 0.430. The van der Waals surface area contributed by atoms with Crippen LogP contribution in [0, 0.1) is 0 Å². The number of thiazole rings is 1. The van der Waals surface area contributed by atoms with E-state index < -0.39 is 0 Å². The molecule has 23 heavy (non-hydrogen) atoms. The van der Waals surface area contributed by atoms with E-state index in [1.807, 2.05) is 29.6 Å². The van der Waals surface area contributed by atoms with Gasteiger partial charge >= 0.3 is 0 Å². The molecule has 5 nitrogen and oxygen atoms in total. The molecule has 1 aromatic carbocycles. The van der Waals surface area contributed by atoms with Gasteiger partial charge in [-0.3, -0.25) is 4.98 Å². The normalized spacial score (nSPS) is 11.4. The third kappa shape index (κ3) is 4.37. The molecule has 2 N–H and O–H groups in total. The fourth-order valence-electron chi connectivity index (χ4n) is 2.00. The van der Waals surface area contributed by atoms with E-state index in [9.17, 15) is 0 Å². The predicted octanol–water partition coefficient (Wildman–Crippen LogP) is 2.97. The fourth-order valence-corrected chi connectivity index (χ4v) is 2.81. The van der Waals surface area contributed by atoms with Crippen LogP contribution in [-0.4, -0.2) is 15.8 Å². The molecule has 0 aliphatic heterocycles. The summed E-state index contributed by atoms with van der Waals surface area (Å²) in [5.41, 5.74) is 8.66. The first-order valence-corrected chi connectivity index (χ1v) is 8.02. The second kappa shape index (κ2) is 7.51. The zero-order valence-corrected chi connectivity index (χ0v) is 13.2. The van der Waals surface area contributed by atoms with Crippen molar-refractivity contribution in [3.63, 3.8) is 0 Å². The Kier molecular flexibility index (Phi) is 4.95. The minimum Gasteiger partial charge on any atom is -0.388 e. The number of amidine groups is 1. The highest BCUT2D eigenvalue weighted by Gasteiger charge is 2.04. The maximum atomic E-state index is 5.83. The van der Waals surface area contributed by atoms with Gasteiger partial charge in [-0.2, -0.15) is 0 Å². The summed E-state index contributed by atoms with van der Waals surface area (Å²) in [5.74, 6) is 0.304. The number of rotatable bonds is 6. The lowest BCUT2D eigenvalue weighted by atomic mass is 10.2. The van der Waals surface area contributed by atoms with Crippen LogP contribution in [0.25, 0.3) is 0 Å². The molecular formula is C17H16N4OS. The lowest BCUT2D eigenvalue weighted by molar-refractivity contribution is 0.128. The third-order valence-corrected chi connectivity index (χ3v) is 4.03. The summed E-state index contributed by atoms with van der Waals surface area (Å²) < 4.78 is 0. The first-order valence-electron chi connectivity index (χ1n) is 7.14. The molecule has 0 radical (unpaired) electrons. The molecule has 0 bridgehead atoms. The van der Waals surface area contributed by atoms with Gasteiger partial charge in [-0.05, 0) is 17.7 Å². The van der Waals surface area contributed by atoms with Crippen LogP contribution in [0.3, 0.4) is 0 Å². The Labute approximate surface area is 138 Å². The average molecular weight is 324 g/mol. The van der Waals surface area contributed by atoms with Gasteiger partial charge in [-0.25, -0.2) is 4.98 Å². The van der Waals surface area contributed by atoms with Crippen molar-refractivity contribution in [3.05, 3.63) is 82.1 Å².